The molecule has 0 aliphatic heterocycles. The molecular weight excluding hydrogens is 351 g/mol. The average Bonchev–Trinajstić information content (AvgIpc) is 2.45. The van der Waals surface area contributed by atoms with E-state index in [1.54, 1.807) is 0 Å². The molecule has 0 heterocycles. The third kappa shape index (κ3) is 7.55. The van der Waals surface area contributed by atoms with Crippen molar-refractivity contribution < 1.29 is 9.53 Å². The lowest BCUT2D eigenvalue weighted by atomic mass is 10.1. The Morgan fingerprint density at radius 2 is 1.89 bits per heavy atom. The molecule has 0 unspecified atom stereocenters. The van der Waals surface area contributed by atoms with Crippen molar-refractivity contribution in [3.63, 3.8) is 0 Å². The summed E-state index contributed by atoms with van der Waals surface area (Å²) >= 11 is 2.12. The molecule has 0 aromatic heterocycles. The first-order valence-corrected chi connectivity index (χ1v) is 8.58. The Labute approximate surface area is 130 Å². The van der Waals surface area contributed by atoms with Gasteiger partial charge in [0, 0.05) is 6.42 Å². The Kier molecular flexibility index (Phi) is 8.88. The van der Waals surface area contributed by atoms with Crippen LogP contribution in [0, 0.1) is 0 Å². The summed E-state index contributed by atoms with van der Waals surface area (Å²) in [6, 6.07) is 8.12. The average molecular weight is 374 g/mol. The molecule has 3 heteroatoms. The van der Waals surface area contributed by atoms with Gasteiger partial charge in [0.15, 0.2) is 0 Å². The Morgan fingerprint density at radius 3 is 2.53 bits per heavy atom. The Balaban J connectivity index is 2.25. The first kappa shape index (κ1) is 16.5. The van der Waals surface area contributed by atoms with E-state index in [4.69, 9.17) is 4.74 Å². The van der Waals surface area contributed by atoms with E-state index in [1.807, 2.05) is 12.1 Å². The van der Waals surface area contributed by atoms with E-state index in [2.05, 4.69) is 41.6 Å². The number of rotatable bonds is 10. The number of hydrogen-bond donors (Lipinski definition) is 0. The summed E-state index contributed by atoms with van der Waals surface area (Å²) in [5.74, 6) is 1.25. The highest BCUT2D eigenvalue weighted by Crippen LogP contribution is 2.14. The second-order valence-corrected chi connectivity index (χ2v) is 5.49. The number of ketones is 1. The molecule has 0 fully saturated rings. The fraction of sp³-hybridized carbons (Fsp3) is 0.562. The van der Waals surface area contributed by atoms with Crippen LogP contribution in [-0.2, 0) is 11.2 Å². The van der Waals surface area contributed by atoms with Gasteiger partial charge in [0.2, 0.25) is 0 Å². The number of benzene rings is 1. The normalized spacial score (nSPS) is 10.4. The molecule has 106 valence electrons. The molecule has 19 heavy (non-hydrogen) atoms. The van der Waals surface area contributed by atoms with Crippen LogP contribution in [0.15, 0.2) is 24.3 Å². The Morgan fingerprint density at radius 1 is 1.16 bits per heavy atom. The third-order valence-electron chi connectivity index (χ3n) is 3.03. The minimum Gasteiger partial charge on any atom is -0.494 e. The molecule has 0 amide bonds. The summed E-state index contributed by atoms with van der Waals surface area (Å²) in [4.78, 5) is 11.2. The lowest BCUT2D eigenvalue weighted by Crippen LogP contribution is -2.01. The minimum absolute atomic E-state index is 0.317. The molecule has 0 aliphatic rings. The largest absolute Gasteiger partial charge is 0.494 e. The summed E-state index contributed by atoms with van der Waals surface area (Å²) in [5, 5.41) is 0. The predicted octanol–water partition coefficient (Wildman–Crippen LogP) is 4.58. The highest BCUT2D eigenvalue weighted by molar-refractivity contribution is 14.1. The number of unbranched alkanes of at least 4 members (excludes halogenated alkanes) is 3. The van der Waals surface area contributed by atoms with Gasteiger partial charge in [0.25, 0.3) is 0 Å². The molecule has 0 atom stereocenters. The number of hydrogen-bond acceptors (Lipinski definition) is 2. The maximum atomic E-state index is 11.2. The Hall–Kier alpha value is -0.580. The van der Waals surface area contributed by atoms with Crippen LogP contribution in [0.2, 0.25) is 0 Å². The number of carbonyl (C=O) groups excluding carboxylic acids is 1. The molecule has 0 N–H and O–H groups in total. The predicted molar refractivity (Wildman–Crippen MR) is 88.3 cm³/mol. The minimum atomic E-state index is 0.317. The topological polar surface area (TPSA) is 26.3 Å². The molecule has 1 aromatic rings. The lowest BCUT2D eigenvalue weighted by molar-refractivity contribution is -0.116. The van der Waals surface area contributed by atoms with Crippen molar-refractivity contribution in [2.45, 2.75) is 45.4 Å². The quantitative estimate of drug-likeness (QED) is 0.340. The zero-order chi connectivity index (χ0) is 13.9. The van der Waals surface area contributed by atoms with Crippen molar-refractivity contribution in [3.05, 3.63) is 29.8 Å². The van der Waals surface area contributed by atoms with Crippen molar-refractivity contribution >= 4 is 28.4 Å². The summed E-state index contributed by atoms with van der Waals surface area (Å²) < 4.78 is 6.29. The van der Waals surface area contributed by atoms with Gasteiger partial charge in [-0.25, -0.2) is 0 Å². The number of alkyl halides is 1. The Bertz CT molecular complexity index is 360. The van der Waals surface area contributed by atoms with Gasteiger partial charge in [-0.3, -0.25) is 4.79 Å². The van der Waals surface area contributed by atoms with Crippen LogP contribution >= 0.6 is 22.6 Å². The maximum absolute atomic E-state index is 11.2. The molecular formula is C16H23IO2. The van der Waals surface area contributed by atoms with E-state index < -0.39 is 0 Å². The summed E-state index contributed by atoms with van der Waals surface area (Å²) in [5.41, 5.74) is 1.21. The van der Waals surface area contributed by atoms with Gasteiger partial charge in [-0.05, 0) is 30.5 Å². The van der Waals surface area contributed by atoms with Gasteiger partial charge in [0.05, 0.1) is 11.0 Å². The third-order valence-corrected chi connectivity index (χ3v) is 3.88. The number of halogens is 1. The second kappa shape index (κ2) is 10.2. The number of ether oxygens (including phenoxy) is 1. The molecule has 2 nitrogen and oxygen atoms in total. The standard InChI is InChI=1S/C16H23IO2/c1-2-3-4-5-12-19-16-10-7-14(8-11-16)6-9-15(18)13-17/h7-8,10-11H,2-6,9,12-13H2,1H3. The van der Waals surface area contributed by atoms with Crippen LogP contribution in [-0.4, -0.2) is 16.8 Å². The van der Waals surface area contributed by atoms with E-state index in [9.17, 15) is 4.79 Å². The van der Waals surface area contributed by atoms with Crippen molar-refractivity contribution in [1.29, 1.82) is 0 Å². The van der Waals surface area contributed by atoms with E-state index >= 15 is 0 Å². The van der Waals surface area contributed by atoms with Gasteiger partial charge in [0.1, 0.15) is 11.5 Å². The van der Waals surface area contributed by atoms with Crippen LogP contribution in [0.5, 0.6) is 5.75 Å². The van der Waals surface area contributed by atoms with Gasteiger partial charge < -0.3 is 4.74 Å². The van der Waals surface area contributed by atoms with E-state index in [0.29, 0.717) is 16.6 Å². The van der Waals surface area contributed by atoms with Gasteiger partial charge >= 0.3 is 0 Å². The SMILES string of the molecule is CCCCCCOc1ccc(CCC(=O)CI)cc1. The zero-order valence-corrected chi connectivity index (χ0v) is 13.8. The first-order chi connectivity index (χ1) is 9.26. The molecule has 0 saturated carbocycles. The first-order valence-electron chi connectivity index (χ1n) is 7.05. The van der Waals surface area contributed by atoms with Crippen LogP contribution < -0.4 is 4.74 Å². The highest BCUT2D eigenvalue weighted by Gasteiger charge is 2.01. The van der Waals surface area contributed by atoms with E-state index in [0.717, 1.165) is 25.2 Å². The van der Waals surface area contributed by atoms with Gasteiger partial charge in [-0.2, -0.15) is 0 Å². The maximum Gasteiger partial charge on any atom is 0.142 e. The fourth-order valence-corrected chi connectivity index (χ4v) is 2.20. The molecule has 0 aliphatic carbocycles. The zero-order valence-electron chi connectivity index (χ0n) is 11.7. The van der Waals surface area contributed by atoms with Crippen LogP contribution in [0.3, 0.4) is 0 Å². The van der Waals surface area contributed by atoms with E-state index in [1.165, 1.54) is 24.8 Å². The van der Waals surface area contributed by atoms with Gasteiger partial charge in [-0.15, -0.1) is 0 Å². The molecule has 1 rings (SSSR count). The van der Waals surface area contributed by atoms with Crippen molar-refractivity contribution in [2.75, 3.05) is 11.0 Å². The smallest absolute Gasteiger partial charge is 0.142 e. The van der Waals surface area contributed by atoms with Crippen LogP contribution in [0.25, 0.3) is 0 Å². The number of Topliss-reactive ketones (excluding diaryl/α,β-unsaturated/α-hetero) is 1. The van der Waals surface area contributed by atoms with Gasteiger partial charge in [-0.1, -0.05) is 60.9 Å². The lowest BCUT2D eigenvalue weighted by Gasteiger charge is -2.07. The van der Waals surface area contributed by atoms with Crippen molar-refractivity contribution in [3.8, 4) is 5.75 Å². The van der Waals surface area contributed by atoms with Crippen molar-refractivity contribution in [1.82, 2.24) is 0 Å². The molecule has 0 spiro atoms. The molecule has 0 saturated heterocycles. The fourth-order valence-electron chi connectivity index (χ4n) is 1.82. The monoisotopic (exact) mass is 374 g/mol. The highest BCUT2D eigenvalue weighted by atomic mass is 127. The number of aryl methyl sites for hydroxylation is 1. The summed E-state index contributed by atoms with van der Waals surface area (Å²) in [6.07, 6.45) is 6.38. The summed E-state index contributed by atoms with van der Waals surface area (Å²) in [7, 11) is 0. The van der Waals surface area contributed by atoms with Crippen LogP contribution in [0.1, 0.15) is 44.6 Å². The van der Waals surface area contributed by atoms with Crippen molar-refractivity contribution in [2.24, 2.45) is 0 Å². The molecule has 0 radical (unpaired) electrons. The second-order valence-electron chi connectivity index (χ2n) is 4.73. The molecule has 0 bridgehead atoms. The summed E-state index contributed by atoms with van der Waals surface area (Å²) in [6.45, 7) is 3.01. The number of carbonyl (C=O) groups is 1. The van der Waals surface area contributed by atoms with Crippen LogP contribution in [0.4, 0.5) is 0 Å². The van der Waals surface area contributed by atoms with E-state index in [-0.39, 0.29) is 0 Å². The molecule has 1 aromatic carbocycles.